The van der Waals surface area contributed by atoms with Crippen molar-refractivity contribution >= 4 is 16.6 Å². The van der Waals surface area contributed by atoms with Gasteiger partial charge in [0.15, 0.2) is 0 Å². The smallest absolute Gasteiger partial charge is 0.137 e. The van der Waals surface area contributed by atoms with E-state index in [0.29, 0.717) is 36.8 Å². The predicted molar refractivity (Wildman–Crippen MR) is 162 cm³/mol. The molecule has 3 nitrogen and oxygen atoms in total. The van der Waals surface area contributed by atoms with E-state index < -0.39 is 0 Å². The third-order valence-electron chi connectivity index (χ3n) is 8.04. The van der Waals surface area contributed by atoms with E-state index >= 15 is 0 Å². The maximum absolute atomic E-state index is 14.0. The molecule has 0 heterocycles. The highest BCUT2D eigenvalue weighted by molar-refractivity contribution is 5.95. The molecule has 0 saturated heterocycles. The lowest BCUT2D eigenvalue weighted by Crippen LogP contribution is -2.14. The average molecular weight is 532 g/mol. The number of rotatable bonds is 10. The molecule has 1 aliphatic rings. The maximum Gasteiger partial charge on any atom is 0.137 e. The van der Waals surface area contributed by atoms with E-state index in [1.807, 2.05) is 18.2 Å². The minimum Gasteiger partial charge on any atom is -0.494 e. The van der Waals surface area contributed by atoms with Gasteiger partial charge in [-0.05, 0) is 133 Å². The Labute approximate surface area is 235 Å². The van der Waals surface area contributed by atoms with Crippen LogP contribution in [0, 0.1) is 48.7 Å². The topological polar surface area (TPSA) is 50.1 Å². The zero-order valence-corrected chi connectivity index (χ0v) is 23.3. The zero-order valence-electron chi connectivity index (χ0n) is 23.3. The first-order chi connectivity index (χ1) is 18.2. The second kappa shape index (κ2) is 13.7. The van der Waals surface area contributed by atoms with Gasteiger partial charge in [-0.15, -0.1) is 0 Å². The molecule has 4 rings (SSSR count). The fraction of sp³-hybridized carbons (Fsp3) is 0.486. The van der Waals surface area contributed by atoms with Crippen LogP contribution in [0.15, 0.2) is 42.5 Å². The van der Waals surface area contributed by atoms with Crippen molar-refractivity contribution in [3.8, 4) is 22.9 Å². The van der Waals surface area contributed by atoms with Crippen molar-refractivity contribution in [3.63, 3.8) is 0 Å². The van der Waals surface area contributed by atoms with Crippen molar-refractivity contribution in [3.05, 3.63) is 65.0 Å². The number of ketones is 1. The fourth-order valence-corrected chi connectivity index (χ4v) is 5.85. The Morgan fingerprint density at radius 2 is 1.85 bits per heavy atom. The summed E-state index contributed by atoms with van der Waals surface area (Å²) in [5.41, 5.74) is 4.62. The number of fused-ring (bicyclic) bond motifs is 1. The molecule has 3 aromatic carbocycles. The van der Waals surface area contributed by atoms with Crippen molar-refractivity contribution in [2.45, 2.75) is 86.5 Å². The van der Waals surface area contributed by atoms with Gasteiger partial charge in [0, 0.05) is 20.2 Å². The van der Waals surface area contributed by atoms with Gasteiger partial charge in [0.05, 0.1) is 12.7 Å². The van der Waals surface area contributed by atoms with Crippen LogP contribution in [-0.4, -0.2) is 12.4 Å². The van der Waals surface area contributed by atoms with Gasteiger partial charge < -0.3 is 4.74 Å². The van der Waals surface area contributed by atoms with Gasteiger partial charge in [-0.25, -0.2) is 4.39 Å². The van der Waals surface area contributed by atoms with Crippen molar-refractivity contribution in [1.82, 2.24) is 0 Å². The highest BCUT2D eigenvalue weighted by Crippen LogP contribution is 2.36. The molecule has 39 heavy (non-hydrogen) atoms. The summed E-state index contributed by atoms with van der Waals surface area (Å²) in [6, 6.07) is 15.9. The summed E-state index contributed by atoms with van der Waals surface area (Å²) in [5.74, 6) is 2.11. The average Bonchev–Trinajstić information content (AvgIpc) is 2.90. The lowest BCUT2D eigenvalue weighted by Gasteiger charge is -2.24. The molecule has 210 valence electrons. The van der Waals surface area contributed by atoms with Crippen molar-refractivity contribution in [2.24, 2.45) is 17.8 Å². The molecule has 0 N–H and O–H groups in total. The third-order valence-corrected chi connectivity index (χ3v) is 8.04. The summed E-state index contributed by atoms with van der Waals surface area (Å²) in [5, 5.41) is 11.3. The molecule has 0 spiro atoms. The molecule has 0 bridgehead atoms. The third kappa shape index (κ3) is 7.69. The summed E-state index contributed by atoms with van der Waals surface area (Å²) in [7, 11) is 0. The van der Waals surface area contributed by atoms with Crippen molar-refractivity contribution in [1.29, 1.82) is 5.26 Å². The van der Waals surface area contributed by atoms with Crippen LogP contribution in [0.1, 0.15) is 84.3 Å². The minimum atomic E-state index is -0.222. The standard InChI is InChI=1S/C34H40FNO2.CH4.H2/c1-22(2)16-29(37)19-32-24(4)31-20-30(38-15-5-6-25-7-9-26(21-36)10-8-25)13-11-28(31)18-33(32)27-12-14-34(35)23(3)17-27;;/h11-14,17-18,20,22,25-26H,5-10,15-16,19H2,1-4H3;1H4;1H. The van der Waals surface area contributed by atoms with Gasteiger partial charge in [-0.3, -0.25) is 4.79 Å². The molecule has 1 aliphatic carbocycles. The van der Waals surface area contributed by atoms with E-state index in [1.54, 1.807) is 6.92 Å². The van der Waals surface area contributed by atoms with Crippen LogP contribution in [0.25, 0.3) is 21.9 Å². The molecular weight excluding hydrogens is 485 g/mol. The Morgan fingerprint density at radius 1 is 1.10 bits per heavy atom. The summed E-state index contributed by atoms with van der Waals surface area (Å²) >= 11 is 0. The lowest BCUT2D eigenvalue weighted by molar-refractivity contribution is -0.119. The van der Waals surface area contributed by atoms with Gasteiger partial charge in [0.2, 0.25) is 0 Å². The number of halogens is 1. The summed E-state index contributed by atoms with van der Waals surface area (Å²) in [6.07, 6.45) is 7.44. The maximum atomic E-state index is 14.0. The number of aryl methyl sites for hydroxylation is 2. The Kier molecular flexibility index (Phi) is 10.7. The number of nitrogens with zero attached hydrogens (tertiary/aromatic N) is 1. The lowest BCUT2D eigenvalue weighted by atomic mass is 9.81. The highest BCUT2D eigenvalue weighted by atomic mass is 19.1. The van der Waals surface area contributed by atoms with Crippen LogP contribution >= 0.6 is 0 Å². The molecule has 4 heteroatoms. The zero-order chi connectivity index (χ0) is 27.2. The Morgan fingerprint density at radius 3 is 2.51 bits per heavy atom. The normalized spacial score (nSPS) is 17.1. The van der Waals surface area contributed by atoms with Crippen LogP contribution in [0.3, 0.4) is 0 Å². The second-order valence-electron chi connectivity index (χ2n) is 11.5. The number of hydrogen-bond acceptors (Lipinski definition) is 3. The largest absolute Gasteiger partial charge is 0.494 e. The Bertz CT molecular complexity index is 1340. The number of nitriles is 1. The molecule has 0 atom stereocenters. The van der Waals surface area contributed by atoms with Crippen molar-refractivity contribution < 1.29 is 15.3 Å². The van der Waals surface area contributed by atoms with E-state index in [0.717, 1.165) is 77.3 Å². The molecular formula is C35H46FNO2. The molecule has 0 aromatic heterocycles. The molecule has 1 saturated carbocycles. The first kappa shape index (κ1) is 30.4. The van der Waals surface area contributed by atoms with E-state index in [2.05, 4.69) is 45.0 Å². The molecule has 1 fully saturated rings. The van der Waals surface area contributed by atoms with E-state index in [4.69, 9.17) is 10.00 Å². The quantitative estimate of drug-likeness (QED) is 0.245. The first-order valence-corrected chi connectivity index (χ1v) is 14.1. The second-order valence-corrected chi connectivity index (χ2v) is 11.5. The van der Waals surface area contributed by atoms with Gasteiger partial charge in [-0.2, -0.15) is 5.26 Å². The monoisotopic (exact) mass is 531 g/mol. The van der Waals surface area contributed by atoms with Gasteiger partial charge in [0.25, 0.3) is 0 Å². The predicted octanol–water partition coefficient (Wildman–Crippen LogP) is 9.79. The number of Topliss-reactive ketones (excluding diaryl/α,β-unsaturated/α-hetero) is 1. The molecule has 0 aliphatic heterocycles. The van der Waals surface area contributed by atoms with E-state index in [9.17, 15) is 9.18 Å². The van der Waals surface area contributed by atoms with Gasteiger partial charge >= 0.3 is 0 Å². The molecule has 0 unspecified atom stereocenters. The van der Waals surface area contributed by atoms with Crippen LogP contribution < -0.4 is 4.74 Å². The molecule has 0 radical (unpaired) electrons. The fourth-order valence-electron chi connectivity index (χ4n) is 5.85. The highest BCUT2D eigenvalue weighted by Gasteiger charge is 2.21. The number of benzene rings is 3. The van der Waals surface area contributed by atoms with E-state index in [1.165, 1.54) is 6.07 Å². The number of ether oxygens (including phenoxy) is 1. The SMILES string of the molecule is C.Cc1cc(-c2cc3ccc(OCCCC4CCC(C#N)CC4)cc3c(C)c2CC(=O)CC(C)C)ccc1F.[HH]. The summed E-state index contributed by atoms with van der Waals surface area (Å²) in [4.78, 5) is 12.9. The minimum absolute atomic E-state index is 0. The van der Waals surface area contributed by atoms with Crippen LogP contribution in [0.4, 0.5) is 4.39 Å². The Balaban J connectivity index is 0.00000280. The van der Waals surface area contributed by atoms with Crippen molar-refractivity contribution in [2.75, 3.05) is 6.61 Å². The van der Waals surface area contributed by atoms with Gasteiger partial charge in [0.1, 0.15) is 17.3 Å². The Hall–Kier alpha value is -3.19. The number of carbonyl (C=O) groups excluding carboxylic acids is 1. The van der Waals surface area contributed by atoms with Crippen LogP contribution in [0.2, 0.25) is 0 Å². The van der Waals surface area contributed by atoms with Crippen LogP contribution in [0.5, 0.6) is 5.75 Å². The summed E-state index contributed by atoms with van der Waals surface area (Å²) < 4.78 is 20.2. The van der Waals surface area contributed by atoms with E-state index in [-0.39, 0.29) is 26.4 Å². The van der Waals surface area contributed by atoms with Gasteiger partial charge in [-0.1, -0.05) is 33.4 Å². The summed E-state index contributed by atoms with van der Waals surface area (Å²) in [6.45, 7) is 8.67. The first-order valence-electron chi connectivity index (χ1n) is 14.1. The number of hydrogen-bond donors (Lipinski definition) is 0. The number of carbonyl (C=O) groups is 1. The molecule has 0 amide bonds. The van der Waals surface area contributed by atoms with Crippen LogP contribution in [-0.2, 0) is 11.2 Å². The molecule has 3 aromatic rings.